The SMILES string of the molecule is O=C(NCC1CCCC1CBr)c1c(F)cc(F)cc1F. The molecule has 1 aromatic rings. The van der Waals surface area contributed by atoms with Crippen LogP contribution < -0.4 is 5.32 Å². The van der Waals surface area contributed by atoms with Gasteiger partial charge >= 0.3 is 0 Å². The Balaban J connectivity index is 2.02. The molecular weight excluding hydrogens is 335 g/mol. The topological polar surface area (TPSA) is 29.1 Å². The molecule has 0 saturated heterocycles. The number of carbonyl (C=O) groups is 1. The van der Waals surface area contributed by atoms with Crippen LogP contribution in [0.1, 0.15) is 29.6 Å². The van der Waals surface area contributed by atoms with Crippen LogP contribution in [0.15, 0.2) is 12.1 Å². The highest BCUT2D eigenvalue weighted by atomic mass is 79.9. The number of nitrogens with one attached hydrogen (secondary N) is 1. The Morgan fingerprint density at radius 2 is 1.80 bits per heavy atom. The molecule has 1 saturated carbocycles. The average molecular weight is 350 g/mol. The summed E-state index contributed by atoms with van der Waals surface area (Å²) in [4.78, 5) is 11.8. The van der Waals surface area contributed by atoms with Crippen molar-refractivity contribution in [1.82, 2.24) is 5.32 Å². The molecule has 2 atom stereocenters. The summed E-state index contributed by atoms with van der Waals surface area (Å²) in [7, 11) is 0. The third kappa shape index (κ3) is 3.34. The molecule has 0 spiro atoms. The molecule has 0 aromatic heterocycles. The zero-order valence-corrected chi connectivity index (χ0v) is 12.4. The molecule has 1 aliphatic rings. The fourth-order valence-electron chi connectivity index (χ4n) is 2.66. The number of hydrogen-bond acceptors (Lipinski definition) is 1. The predicted molar refractivity (Wildman–Crippen MR) is 73.3 cm³/mol. The Hall–Kier alpha value is -1.04. The van der Waals surface area contributed by atoms with Crippen LogP contribution in [0.2, 0.25) is 0 Å². The van der Waals surface area contributed by atoms with Crippen LogP contribution in [0.5, 0.6) is 0 Å². The van der Waals surface area contributed by atoms with E-state index in [0.29, 0.717) is 30.5 Å². The first-order chi connectivity index (χ1) is 9.52. The molecule has 6 heteroatoms. The number of alkyl halides is 1. The monoisotopic (exact) mass is 349 g/mol. The fraction of sp³-hybridized carbons (Fsp3) is 0.500. The first-order valence-electron chi connectivity index (χ1n) is 6.51. The van der Waals surface area contributed by atoms with Crippen LogP contribution >= 0.6 is 15.9 Å². The summed E-state index contributed by atoms with van der Waals surface area (Å²) in [5.74, 6) is -3.44. The quantitative estimate of drug-likeness (QED) is 0.826. The smallest absolute Gasteiger partial charge is 0.257 e. The van der Waals surface area contributed by atoms with Crippen LogP contribution in [0, 0.1) is 29.3 Å². The molecule has 1 aromatic carbocycles. The summed E-state index contributed by atoms with van der Waals surface area (Å²) in [5.41, 5.74) is -0.722. The molecule has 0 heterocycles. The van der Waals surface area contributed by atoms with Gasteiger partial charge in [0.25, 0.3) is 5.91 Å². The van der Waals surface area contributed by atoms with Gasteiger partial charge in [-0.2, -0.15) is 0 Å². The number of benzene rings is 1. The van der Waals surface area contributed by atoms with Gasteiger partial charge in [-0.05, 0) is 24.7 Å². The fourth-order valence-corrected chi connectivity index (χ4v) is 3.51. The molecule has 1 N–H and O–H groups in total. The van der Waals surface area contributed by atoms with Crippen molar-refractivity contribution < 1.29 is 18.0 Å². The lowest BCUT2D eigenvalue weighted by Crippen LogP contribution is -2.32. The van der Waals surface area contributed by atoms with Crippen molar-refractivity contribution in [2.45, 2.75) is 19.3 Å². The number of hydrogen-bond donors (Lipinski definition) is 1. The first kappa shape index (κ1) is 15.4. The highest BCUT2D eigenvalue weighted by Crippen LogP contribution is 2.32. The lowest BCUT2D eigenvalue weighted by Gasteiger charge is -2.18. The van der Waals surface area contributed by atoms with Gasteiger partial charge in [0.15, 0.2) is 0 Å². The Morgan fingerprint density at radius 1 is 1.20 bits per heavy atom. The standard InChI is InChI=1S/C14H15BrF3NO/c15-6-8-2-1-3-9(8)7-19-14(20)13-11(17)4-10(16)5-12(13)18/h4-5,8-9H,1-3,6-7H2,(H,19,20). The van der Waals surface area contributed by atoms with Gasteiger partial charge in [-0.25, -0.2) is 13.2 Å². The van der Waals surface area contributed by atoms with E-state index < -0.39 is 28.9 Å². The first-order valence-corrected chi connectivity index (χ1v) is 7.63. The minimum atomic E-state index is -1.18. The van der Waals surface area contributed by atoms with Crippen molar-refractivity contribution in [3.05, 3.63) is 35.1 Å². The van der Waals surface area contributed by atoms with Crippen molar-refractivity contribution in [2.24, 2.45) is 11.8 Å². The van der Waals surface area contributed by atoms with Gasteiger partial charge < -0.3 is 5.32 Å². The van der Waals surface area contributed by atoms with E-state index in [9.17, 15) is 18.0 Å². The zero-order chi connectivity index (χ0) is 14.7. The van der Waals surface area contributed by atoms with Gasteiger partial charge in [0.1, 0.15) is 23.0 Å². The number of halogens is 4. The third-order valence-electron chi connectivity index (χ3n) is 3.77. The zero-order valence-electron chi connectivity index (χ0n) is 10.8. The van der Waals surface area contributed by atoms with Crippen molar-refractivity contribution >= 4 is 21.8 Å². The second-order valence-corrected chi connectivity index (χ2v) is 5.71. The van der Waals surface area contributed by atoms with Crippen LogP contribution in [0.25, 0.3) is 0 Å². The Kier molecular flexibility index (Phi) is 5.07. The van der Waals surface area contributed by atoms with Crippen LogP contribution in [0.3, 0.4) is 0 Å². The summed E-state index contributed by atoms with van der Waals surface area (Å²) in [6.07, 6.45) is 3.17. The largest absolute Gasteiger partial charge is 0.352 e. The van der Waals surface area contributed by atoms with E-state index in [1.807, 2.05) is 0 Å². The van der Waals surface area contributed by atoms with Crippen molar-refractivity contribution in [2.75, 3.05) is 11.9 Å². The third-order valence-corrected chi connectivity index (χ3v) is 4.61. The van der Waals surface area contributed by atoms with Crippen LogP contribution in [0.4, 0.5) is 13.2 Å². The van der Waals surface area contributed by atoms with Gasteiger partial charge in [0.05, 0.1) is 0 Å². The van der Waals surface area contributed by atoms with Crippen molar-refractivity contribution in [1.29, 1.82) is 0 Å². The molecule has 110 valence electrons. The Labute approximate surface area is 123 Å². The van der Waals surface area contributed by atoms with E-state index in [0.717, 1.165) is 24.6 Å². The summed E-state index contributed by atoms with van der Waals surface area (Å²) >= 11 is 3.43. The number of rotatable bonds is 4. The number of amides is 1. The second kappa shape index (κ2) is 6.61. The minimum Gasteiger partial charge on any atom is -0.352 e. The number of carbonyl (C=O) groups excluding carboxylic acids is 1. The maximum absolute atomic E-state index is 13.5. The minimum absolute atomic E-state index is 0.310. The van der Waals surface area contributed by atoms with Gasteiger partial charge in [-0.15, -0.1) is 0 Å². The van der Waals surface area contributed by atoms with Gasteiger partial charge in [0, 0.05) is 24.0 Å². The predicted octanol–water partition coefficient (Wildman–Crippen LogP) is 3.64. The molecular formula is C14H15BrF3NO. The van der Waals surface area contributed by atoms with Gasteiger partial charge in [0.2, 0.25) is 0 Å². The Bertz CT molecular complexity index is 486. The molecule has 1 aliphatic carbocycles. The van der Waals surface area contributed by atoms with E-state index >= 15 is 0 Å². The molecule has 1 amide bonds. The van der Waals surface area contributed by atoms with Crippen LogP contribution in [-0.2, 0) is 0 Å². The second-order valence-electron chi connectivity index (χ2n) is 5.06. The molecule has 0 aliphatic heterocycles. The van der Waals surface area contributed by atoms with E-state index in [-0.39, 0.29) is 0 Å². The summed E-state index contributed by atoms with van der Waals surface area (Å²) in [6, 6.07) is 1.02. The van der Waals surface area contributed by atoms with Crippen molar-refractivity contribution in [3.63, 3.8) is 0 Å². The Morgan fingerprint density at radius 3 is 2.40 bits per heavy atom. The molecule has 2 nitrogen and oxygen atoms in total. The average Bonchev–Trinajstić information content (AvgIpc) is 2.82. The molecule has 2 unspecified atom stereocenters. The molecule has 0 radical (unpaired) electrons. The molecule has 2 rings (SSSR count). The highest BCUT2D eigenvalue weighted by molar-refractivity contribution is 9.09. The van der Waals surface area contributed by atoms with Crippen LogP contribution in [-0.4, -0.2) is 17.8 Å². The van der Waals surface area contributed by atoms with Gasteiger partial charge in [-0.3, -0.25) is 4.79 Å². The molecule has 0 bridgehead atoms. The van der Waals surface area contributed by atoms with E-state index in [1.165, 1.54) is 0 Å². The maximum atomic E-state index is 13.5. The molecule has 1 fully saturated rings. The normalized spacial score (nSPS) is 22.0. The van der Waals surface area contributed by atoms with E-state index in [4.69, 9.17) is 0 Å². The molecule has 20 heavy (non-hydrogen) atoms. The lowest BCUT2D eigenvalue weighted by molar-refractivity contribution is 0.0936. The highest BCUT2D eigenvalue weighted by Gasteiger charge is 2.27. The van der Waals surface area contributed by atoms with Crippen molar-refractivity contribution in [3.8, 4) is 0 Å². The maximum Gasteiger partial charge on any atom is 0.257 e. The summed E-state index contributed by atoms with van der Waals surface area (Å²) < 4.78 is 39.7. The summed E-state index contributed by atoms with van der Waals surface area (Å²) in [5, 5.41) is 3.40. The van der Waals surface area contributed by atoms with Gasteiger partial charge in [-0.1, -0.05) is 22.4 Å². The van der Waals surface area contributed by atoms with E-state index in [1.54, 1.807) is 0 Å². The van der Waals surface area contributed by atoms with E-state index in [2.05, 4.69) is 21.2 Å². The summed E-state index contributed by atoms with van der Waals surface area (Å²) in [6.45, 7) is 0.380. The lowest BCUT2D eigenvalue weighted by atomic mass is 9.98.